The quantitative estimate of drug-likeness (QED) is 0.766. The number of hydrogen-bond acceptors (Lipinski definition) is 5. The molecule has 1 aromatic heterocycles. The maximum Gasteiger partial charge on any atom is 0.511 e. The Morgan fingerprint density at radius 3 is 2.44 bits per heavy atom. The third-order valence-electron chi connectivity index (χ3n) is 2.46. The van der Waals surface area contributed by atoms with Crippen LogP contribution in [-0.2, 0) is 0 Å². The van der Waals surface area contributed by atoms with Crippen molar-refractivity contribution < 1.29 is 14.6 Å². The van der Waals surface area contributed by atoms with Gasteiger partial charge in [0.1, 0.15) is 0 Å². The van der Waals surface area contributed by atoms with Crippen molar-refractivity contribution in [3.63, 3.8) is 0 Å². The molecule has 0 spiro atoms. The van der Waals surface area contributed by atoms with Crippen LogP contribution in [-0.4, -0.2) is 34.3 Å². The summed E-state index contributed by atoms with van der Waals surface area (Å²) in [5.74, 6) is 0.783. The number of carbonyl (C=O) groups is 1. The Bertz CT molecular complexity index is 360. The van der Waals surface area contributed by atoms with Gasteiger partial charge in [-0.05, 0) is 19.3 Å². The van der Waals surface area contributed by atoms with Gasteiger partial charge in [-0.1, -0.05) is 0 Å². The Balaban J connectivity index is 2.03. The molecule has 6 nitrogen and oxygen atoms in total. The van der Waals surface area contributed by atoms with Crippen molar-refractivity contribution in [1.29, 1.82) is 0 Å². The van der Waals surface area contributed by atoms with Crippen molar-refractivity contribution in [2.75, 3.05) is 18.0 Å². The lowest BCUT2D eigenvalue weighted by molar-refractivity contribution is 0.144. The van der Waals surface area contributed by atoms with Crippen LogP contribution in [0.15, 0.2) is 12.4 Å². The molecule has 2 heterocycles. The second kappa shape index (κ2) is 4.78. The van der Waals surface area contributed by atoms with E-state index in [0.717, 1.165) is 25.9 Å². The number of anilines is 1. The van der Waals surface area contributed by atoms with Gasteiger partial charge in [-0.15, -0.1) is 0 Å². The first kappa shape index (κ1) is 10.7. The number of carboxylic acid groups (broad SMARTS) is 1. The van der Waals surface area contributed by atoms with Crippen LogP contribution in [0.3, 0.4) is 0 Å². The fraction of sp³-hybridized carbons (Fsp3) is 0.500. The number of rotatable bonds is 2. The Hall–Kier alpha value is -1.85. The van der Waals surface area contributed by atoms with Gasteiger partial charge in [0.05, 0.1) is 12.4 Å². The van der Waals surface area contributed by atoms with Gasteiger partial charge in [-0.3, -0.25) is 0 Å². The van der Waals surface area contributed by atoms with Crippen LogP contribution in [0.1, 0.15) is 19.3 Å². The van der Waals surface area contributed by atoms with Gasteiger partial charge in [-0.2, -0.15) is 0 Å². The summed E-state index contributed by atoms with van der Waals surface area (Å²) in [6, 6.07) is 0. The second-order valence-electron chi connectivity index (χ2n) is 3.63. The lowest BCUT2D eigenvalue weighted by atomic mass is 10.1. The molecule has 0 radical (unpaired) electrons. The summed E-state index contributed by atoms with van der Waals surface area (Å²) in [7, 11) is 0. The number of nitrogens with zero attached hydrogens (tertiary/aromatic N) is 3. The van der Waals surface area contributed by atoms with Crippen LogP contribution < -0.4 is 9.64 Å². The first-order valence-corrected chi connectivity index (χ1v) is 5.23. The van der Waals surface area contributed by atoms with E-state index < -0.39 is 6.16 Å². The van der Waals surface area contributed by atoms with Gasteiger partial charge in [0, 0.05) is 13.1 Å². The number of ether oxygens (including phenoxy) is 1. The van der Waals surface area contributed by atoms with E-state index in [0.29, 0.717) is 5.95 Å². The molecule has 0 atom stereocenters. The van der Waals surface area contributed by atoms with Gasteiger partial charge < -0.3 is 14.7 Å². The third-order valence-corrected chi connectivity index (χ3v) is 2.46. The first-order valence-electron chi connectivity index (χ1n) is 5.23. The van der Waals surface area contributed by atoms with Crippen LogP contribution >= 0.6 is 0 Å². The number of aromatic nitrogens is 2. The third kappa shape index (κ3) is 2.59. The van der Waals surface area contributed by atoms with Crippen LogP contribution in [0, 0.1) is 0 Å². The molecule has 1 aromatic rings. The fourth-order valence-corrected chi connectivity index (χ4v) is 1.72. The summed E-state index contributed by atoms with van der Waals surface area (Å²) in [4.78, 5) is 20.5. The van der Waals surface area contributed by atoms with Crippen molar-refractivity contribution >= 4 is 12.1 Å². The van der Waals surface area contributed by atoms with Crippen LogP contribution in [0.2, 0.25) is 0 Å². The summed E-state index contributed by atoms with van der Waals surface area (Å²) >= 11 is 0. The Morgan fingerprint density at radius 1 is 1.25 bits per heavy atom. The standard InChI is InChI=1S/C10H13N3O3/c14-10(15)16-8-6-11-9(12-7-8)13-4-2-1-3-5-13/h6-7H,1-5H2,(H,14,15). The van der Waals surface area contributed by atoms with E-state index in [1.54, 1.807) is 0 Å². The maximum absolute atomic E-state index is 10.3. The van der Waals surface area contributed by atoms with Gasteiger partial charge in [0.25, 0.3) is 0 Å². The SMILES string of the molecule is O=C(O)Oc1cnc(N2CCCCC2)nc1. The molecular weight excluding hydrogens is 210 g/mol. The average Bonchev–Trinajstić information content (AvgIpc) is 2.30. The Morgan fingerprint density at radius 2 is 1.88 bits per heavy atom. The predicted molar refractivity (Wildman–Crippen MR) is 56.7 cm³/mol. The molecule has 0 aromatic carbocycles. The Kier molecular flexibility index (Phi) is 3.19. The molecule has 1 fully saturated rings. The van der Waals surface area contributed by atoms with Gasteiger partial charge in [0.2, 0.25) is 5.95 Å². The largest absolute Gasteiger partial charge is 0.511 e. The van der Waals surface area contributed by atoms with Crippen molar-refractivity contribution in [3.05, 3.63) is 12.4 Å². The summed E-state index contributed by atoms with van der Waals surface area (Å²) < 4.78 is 4.43. The maximum atomic E-state index is 10.3. The minimum atomic E-state index is -1.35. The van der Waals surface area contributed by atoms with Gasteiger partial charge in [-0.25, -0.2) is 14.8 Å². The van der Waals surface area contributed by atoms with E-state index in [4.69, 9.17) is 5.11 Å². The smallest absolute Gasteiger partial charge is 0.449 e. The van der Waals surface area contributed by atoms with Crippen LogP contribution in [0.5, 0.6) is 5.75 Å². The van der Waals surface area contributed by atoms with E-state index in [1.165, 1.54) is 18.8 Å². The highest BCUT2D eigenvalue weighted by Gasteiger charge is 2.13. The molecule has 1 aliphatic rings. The summed E-state index contributed by atoms with van der Waals surface area (Å²) in [5.41, 5.74) is 0. The molecule has 2 rings (SSSR count). The van der Waals surface area contributed by atoms with Crippen molar-refractivity contribution in [2.24, 2.45) is 0 Å². The molecule has 0 aliphatic carbocycles. The van der Waals surface area contributed by atoms with Crippen molar-refractivity contribution in [1.82, 2.24) is 9.97 Å². The molecule has 6 heteroatoms. The molecule has 1 saturated heterocycles. The zero-order valence-corrected chi connectivity index (χ0v) is 8.80. The van der Waals surface area contributed by atoms with Gasteiger partial charge in [0.15, 0.2) is 5.75 Å². The van der Waals surface area contributed by atoms with E-state index in [9.17, 15) is 4.79 Å². The summed E-state index contributed by atoms with van der Waals surface area (Å²) in [6.45, 7) is 1.91. The molecule has 1 N–H and O–H groups in total. The second-order valence-corrected chi connectivity index (χ2v) is 3.63. The number of hydrogen-bond donors (Lipinski definition) is 1. The van der Waals surface area contributed by atoms with Crippen molar-refractivity contribution in [3.8, 4) is 5.75 Å². The minimum absolute atomic E-state index is 0.147. The first-order chi connectivity index (χ1) is 7.75. The summed E-state index contributed by atoms with van der Waals surface area (Å²) in [6.07, 6.45) is 4.95. The minimum Gasteiger partial charge on any atom is -0.449 e. The molecule has 0 bridgehead atoms. The Labute approximate surface area is 92.9 Å². The molecule has 0 saturated carbocycles. The highest BCUT2D eigenvalue weighted by Crippen LogP contribution is 2.16. The van der Waals surface area contributed by atoms with E-state index in [-0.39, 0.29) is 5.75 Å². The van der Waals surface area contributed by atoms with Crippen LogP contribution in [0.25, 0.3) is 0 Å². The van der Waals surface area contributed by atoms with Crippen LogP contribution in [0.4, 0.5) is 10.7 Å². The molecular formula is C10H13N3O3. The van der Waals surface area contributed by atoms with E-state index in [2.05, 4.69) is 19.6 Å². The average molecular weight is 223 g/mol. The highest BCUT2D eigenvalue weighted by atomic mass is 16.7. The van der Waals surface area contributed by atoms with Crippen molar-refractivity contribution in [2.45, 2.75) is 19.3 Å². The predicted octanol–water partition coefficient (Wildman–Crippen LogP) is 1.52. The van der Waals surface area contributed by atoms with E-state index in [1.807, 2.05) is 0 Å². The lowest BCUT2D eigenvalue weighted by Crippen LogP contribution is -2.30. The molecule has 1 aliphatic heterocycles. The highest BCUT2D eigenvalue weighted by molar-refractivity contribution is 5.60. The molecule has 0 amide bonds. The number of piperidine rings is 1. The van der Waals surface area contributed by atoms with Gasteiger partial charge >= 0.3 is 6.16 Å². The summed E-state index contributed by atoms with van der Waals surface area (Å²) in [5, 5.41) is 8.40. The molecule has 16 heavy (non-hydrogen) atoms. The zero-order chi connectivity index (χ0) is 11.4. The fourth-order valence-electron chi connectivity index (χ4n) is 1.72. The molecule has 0 unspecified atom stereocenters. The van der Waals surface area contributed by atoms with E-state index >= 15 is 0 Å². The lowest BCUT2D eigenvalue weighted by Gasteiger charge is -2.26. The zero-order valence-electron chi connectivity index (χ0n) is 8.80. The monoisotopic (exact) mass is 223 g/mol. The molecule has 86 valence electrons. The normalized spacial score (nSPS) is 15.9. The topological polar surface area (TPSA) is 75.6 Å².